The first kappa shape index (κ1) is 8.45. The van der Waals surface area contributed by atoms with Crippen LogP contribution in [0, 0.1) is 17.2 Å². The van der Waals surface area contributed by atoms with Gasteiger partial charge in [0.25, 0.3) is 0 Å². The van der Waals surface area contributed by atoms with Crippen molar-refractivity contribution >= 4 is 0 Å². The van der Waals surface area contributed by atoms with Gasteiger partial charge in [-0.05, 0) is 5.92 Å². The molecule has 0 unspecified atom stereocenters. The van der Waals surface area contributed by atoms with Crippen molar-refractivity contribution in [2.45, 2.75) is 20.3 Å². The SMILES string of the molecule is CC(C)COCCC#N. The molecule has 9 heavy (non-hydrogen) atoms. The van der Waals surface area contributed by atoms with E-state index in [1.54, 1.807) is 0 Å². The summed E-state index contributed by atoms with van der Waals surface area (Å²) in [5, 5.41) is 8.10. The van der Waals surface area contributed by atoms with Gasteiger partial charge in [-0.25, -0.2) is 0 Å². The van der Waals surface area contributed by atoms with Gasteiger partial charge in [-0.3, -0.25) is 0 Å². The molecular formula is C7H13NO. The molecule has 0 aromatic carbocycles. The van der Waals surface area contributed by atoms with E-state index in [0.717, 1.165) is 6.61 Å². The third-order valence-corrected chi connectivity index (χ3v) is 0.809. The fourth-order valence-electron chi connectivity index (χ4n) is 0.437. The largest absolute Gasteiger partial charge is 0.380 e. The minimum Gasteiger partial charge on any atom is -0.380 e. The maximum atomic E-state index is 8.10. The van der Waals surface area contributed by atoms with Crippen molar-refractivity contribution in [1.29, 1.82) is 5.26 Å². The van der Waals surface area contributed by atoms with E-state index >= 15 is 0 Å². The summed E-state index contributed by atoms with van der Waals surface area (Å²) < 4.78 is 5.11. The number of hydrogen-bond acceptors (Lipinski definition) is 2. The number of nitriles is 1. The molecule has 0 N–H and O–H groups in total. The Morgan fingerprint density at radius 1 is 1.56 bits per heavy atom. The third-order valence-electron chi connectivity index (χ3n) is 0.809. The lowest BCUT2D eigenvalue weighted by molar-refractivity contribution is 0.115. The van der Waals surface area contributed by atoms with Crippen LogP contribution in [0.3, 0.4) is 0 Å². The number of hydrogen-bond donors (Lipinski definition) is 0. The monoisotopic (exact) mass is 127 g/mol. The van der Waals surface area contributed by atoms with E-state index in [9.17, 15) is 0 Å². The summed E-state index contributed by atoms with van der Waals surface area (Å²) in [6.07, 6.45) is 0.507. The van der Waals surface area contributed by atoms with E-state index in [-0.39, 0.29) is 0 Å². The van der Waals surface area contributed by atoms with Crippen LogP contribution in [-0.2, 0) is 4.74 Å². The summed E-state index contributed by atoms with van der Waals surface area (Å²) in [7, 11) is 0. The Morgan fingerprint density at radius 3 is 2.67 bits per heavy atom. The van der Waals surface area contributed by atoms with E-state index in [2.05, 4.69) is 13.8 Å². The number of nitrogens with zero attached hydrogens (tertiary/aromatic N) is 1. The van der Waals surface area contributed by atoms with Crippen LogP contribution in [-0.4, -0.2) is 13.2 Å². The molecule has 0 aliphatic carbocycles. The molecule has 0 aliphatic heterocycles. The highest BCUT2D eigenvalue weighted by atomic mass is 16.5. The molecule has 0 saturated heterocycles. The van der Waals surface area contributed by atoms with Gasteiger partial charge < -0.3 is 4.74 Å². The Labute approximate surface area is 56.4 Å². The summed E-state index contributed by atoms with van der Waals surface area (Å²) in [6, 6.07) is 2.02. The predicted octanol–water partition coefficient (Wildman–Crippen LogP) is 1.57. The van der Waals surface area contributed by atoms with Crippen molar-refractivity contribution in [3.05, 3.63) is 0 Å². The normalized spacial score (nSPS) is 9.56. The fraction of sp³-hybridized carbons (Fsp3) is 0.857. The van der Waals surface area contributed by atoms with E-state index in [4.69, 9.17) is 10.00 Å². The maximum Gasteiger partial charge on any atom is 0.0645 e. The molecule has 52 valence electrons. The van der Waals surface area contributed by atoms with Gasteiger partial charge in [0.2, 0.25) is 0 Å². The Kier molecular flexibility index (Phi) is 5.24. The van der Waals surface area contributed by atoms with E-state index in [0.29, 0.717) is 18.9 Å². The van der Waals surface area contributed by atoms with Crippen LogP contribution < -0.4 is 0 Å². The standard InChI is InChI=1S/C7H13NO/c1-7(2)6-9-5-3-4-8/h7H,3,5-6H2,1-2H3. The minimum absolute atomic E-state index is 0.507. The number of rotatable bonds is 4. The molecule has 0 radical (unpaired) electrons. The molecule has 0 fully saturated rings. The zero-order valence-corrected chi connectivity index (χ0v) is 6.05. The lowest BCUT2D eigenvalue weighted by atomic mass is 10.2. The highest BCUT2D eigenvalue weighted by Crippen LogP contribution is 1.92. The Hall–Kier alpha value is -0.550. The Balaban J connectivity index is 2.85. The molecule has 0 amide bonds. The topological polar surface area (TPSA) is 33.0 Å². The van der Waals surface area contributed by atoms with Gasteiger partial charge in [-0.15, -0.1) is 0 Å². The molecule has 0 spiro atoms. The average molecular weight is 127 g/mol. The molecule has 0 bridgehead atoms. The first-order valence-corrected chi connectivity index (χ1v) is 3.22. The van der Waals surface area contributed by atoms with Crippen LogP contribution in [0.1, 0.15) is 20.3 Å². The average Bonchev–Trinajstić information content (AvgIpc) is 1.80. The molecule has 2 heteroatoms. The van der Waals surface area contributed by atoms with Crippen molar-refractivity contribution in [1.82, 2.24) is 0 Å². The molecule has 2 nitrogen and oxygen atoms in total. The van der Waals surface area contributed by atoms with Gasteiger partial charge in [0.1, 0.15) is 0 Å². The van der Waals surface area contributed by atoms with Crippen LogP contribution >= 0.6 is 0 Å². The highest BCUT2D eigenvalue weighted by molar-refractivity contribution is 4.67. The molecule has 0 atom stereocenters. The zero-order valence-electron chi connectivity index (χ0n) is 6.05. The molecular weight excluding hydrogens is 114 g/mol. The van der Waals surface area contributed by atoms with Gasteiger partial charge in [0, 0.05) is 6.61 Å². The zero-order chi connectivity index (χ0) is 7.11. The summed E-state index contributed by atoms with van der Waals surface area (Å²) >= 11 is 0. The Morgan fingerprint density at radius 2 is 2.22 bits per heavy atom. The van der Waals surface area contributed by atoms with Crippen molar-refractivity contribution in [3.63, 3.8) is 0 Å². The maximum absolute atomic E-state index is 8.10. The predicted molar refractivity (Wildman–Crippen MR) is 35.9 cm³/mol. The van der Waals surface area contributed by atoms with E-state index in [1.807, 2.05) is 6.07 Å². The summed E-state index contributed by atoms with van der Waals surface area (Å²) in [4.78, 5) is 0. The second-order valence-corrected chi connectivity index (χ2v) is 2.38. The van der Waals surface area contributed by atoms with Gasteiger partial charge in [0.05, 0.1) is 19.1 Å². The molecule has 0 aromatic heterocycles. The fourth-order valence-corrected chi connectivity index (χ4v) is 0.437. The Bertz CT molecular complexity index is 93.6. The second kappa shape index (κ2) is 5.58. The van der Waals surface area contributed by atoms with Crippen LogP contribution in [0.25, 0.3) is 0 Å². The molecule has 0 aliphatic rings. The molecule has 0 heterocycles. The van der Waals surface area contributed by atoms with Crippen molar-refractivity contribution in [2.24, 2.45) is 5.92 Å². The van der Waals surface area contributed by atoms with Gasteiger partial charge in [-0.2, -0.15) is 5.26 Å². The molecule has 0 aromatic rings. The van der Waals surface area contributed by atoms with Crippen LogP contribution in [0.2, 0.25) is 0 Å². The number of ether oxygens (including phenoxy) is 1. The van der Waals surface area contributed by atoms with Crippen LogP contribution in [0.4, 0.5) is 0 Å². The van der Waals surface area contributed by atoms with E-state index < -0.39 is 0 Å². The first-order chi connectivity index (χ1) is 4.27. The van der Waals surface area contributed by atoms with Crippen molar-refractivity contribution in [3.8, 4) is 6.07 Å². The smallest absolute Gasteiger partial charge is 0.0645 e. The van der Waals surface area contributed by atoms with Crippen molar-refractivity contribution in [2.75, 3.05) is 13.2 Å². The van der Waals surface area contributed by atoms with Gasteiger partial charge >= 0.3 is 0 Å². The third kappa shape index (κ3) is 7.45. The lowest BCUT2D eigenvalue weighted by Gasteiger charge is -2.02. The minimum atomic E-state index is 0.507. The quantitative estimate of drug-likeness (QED) is 0.537. The molecule has 0 saturated carbocycles. The summed E-state index contributed by atoms with van der Waals surface area (Å²) in [5.41, 5.74) is 0. The van der Waals surface area contributed by atoms with Crippen molar-refractivity contribution < 1.29 is 4.74 Å². The first-order valence-electron chi connectivity index (χ1n) is 3.22. The van der Waals surface area contributed by atoms with E-state index in [1.165, 1.54) is 0 Å². The summed E-state index contributed by atoms with van der Waals surface area (Å²) in [5.74, 6) is 0.573. The highest BCUT2D eigenvalue weighted by Gasteiger charge is 1.91. The molecule has 0 rings (SSSR count). The summed E-state index contributed by atoms with van der Waals surface area (Å²) in [6.45, 7) is 5.52. The van der Waals surface area contributed by atoms with Crippen LogP contribution in [0.5, 0.6) is 0 Å². The second-order valence-electron chi connectivity index (χ2n) is 2.38. The van der Waals surface area contributed by atoms with Gasteiger partial charge in [-0.1, -0.05) is 13.8 Å². The van der Waals surface area contributed by atoms with Crippen LogP contribution in [0.15, 0.2) is 0 Å². The lowest BCUT2D eigenvalue weighted by Crippen LogP contribution is -2.02. The van der Waals surface area contributed by atoms with Gasteiger partial charge in [0.15, 0.2) is 0 Å².